The maximum absolute atomic E-state index is 8.56. The summed E-state index contributed by atoms with van der Waals surface area (Å²) in [6.07, 6.45) is 2.76. The summed E-state index contributed by atoms with van der Waals surface area (Å²) in [5, 5.41) is 11.9. The van der Waals surface area contributed by atoms with E-state index in [-0.39, 0.29) is 6.61 Å². The number of ether oxygens (including phenoxy) is 2. The van der Waals surface area contributed by atoms with E-state index in [9.17, 15) is 0 Å². The van der Waals surface area contributed by atoms with E-state index in [2.05, 4.69) is 10.3 Å². The molecule has 0 aromatic carbocycles. The van der Waals surface area contributed by atoms with Crippen molar-refractivity contribution in [2.24, 2.45) is 0 Å². The van der Waals surface area contributed by atoms with Gasteiger partial charge in [-0.25, -0.2) is 0 Å². The first-order valence-electron chi connectivity index (χ1n) is 6.59. The summed E-state index contributed by atoms with van der Waals surface area (Å²) < 4.78 is 10.6. The van der Waals surface area contributed by atoms with E-state index in [0.717, 1.165) is 42.1 Å². The number of nitrogens with zero attached hydrogens (tertiary/aromatic N) is 1. The van der Waals surface area contributed by atoms with E-state index < -0.39 is 0 Å². The van der Waals surface area contributed by atoms with E-state index in [1.54, 1.807) is 7.11 Å². The summed E-state index contributed by atoms with van der Waals surface area (Å²) >= 11 is 0. The Hall–Kier alpha value is -1.17. The van der Waals surface area contributed by atoms with Crippen LogP contribution in [0, 0.1) is 13.8 Å². The number of pyridine rings is 1. The lowest BCUT2D eigenvalue weighted by Gasteiger charge is -2.12. The largest absolute Gasteiger partial charge is 0.496 e. The Kier molecular flexibility index (Phi) is 7.40. The third-order valence-corrected chi connectivity index (χ3v) is 2.92. The van der Waals surface area contributed by atoms with Gasteiger partial charge in [-0.05, 0) is 26.8 Å². The van der Waals surface area contributed by atoms with Crippen molar-refractivity contribution in [1.82, 2.24) is 10.3 Å². The summed E-state index contributed by atoms with van der Waals surface area (Å²) in [5.74, 6) is 0.915. The molecule has 108 valence electrons. The summed E-state index contributed by atoms with van der Waals surface area (Å²) in [4.78, 5) is 4.43. The first-order chi connectivity index (χ1) is 9.20. The van der Waals surface area contributed by atoms with Crippen LogP contribution in [0.15, 0.2) is 6.20 Å². The fourth-order valence-electron chi connectivity index (χ4n) is 1.92. The quantitative estimate of drug-likeness (QED) is 0.659. The summed E-state index contributed by atoms with van der Waals surface area (Å²) in [6, 6.07) is 0. The van der Waals surface area contributed by atoms with Gasteiger partial charge in [-0.15, -0.1) is 0 Å². The van der Waals surface area contributed by atoms with Gasteiger partial charge in [-0.2, -0.15) is 0 Å². The van der Waals surface area contributed by atoms with Crippen molar-refractivity contribution in [3.8, 4) is 5.75 Å². The van der Waals surface area contributed by atoms with Crippen LogP contribution < -0.4 is 10.1 Å². The number of aliphatic hydroxyl groups is 1. The molecule has 0 aliphatic carbocycles. The number of aryl methyl sites for hydroxylation is 1. The Morgan fingerprint density at radius 2 is 2.11 bits per heavy atom. The van der Waals surface area contributed by atoms with Gasteiger partial charge >= 0.3 is 0 Å². The predicted octanol–water partition coefficient (Wildman–Crippen LogP) is 1.20. The number of rotatable bonds is 9. The van der Waals surface area contributed by atoms with E-state index >= 15 is 0 Å². The zero-order valence-electron chi connectivity index (χ0n) is 12.0. The van der Waals surface area contributed by atoms with Gasteiger partial charge in [0.05, 0.1) is 26.0 Å². The van der Waals surface area contributed by atoms with E-state index in [1.165, 1.54) is 0 Å². The molecule has 0 saturated heterocycles. The summed E-state index contributed by atoms with van der Waals surface area (Å²) in [7, 11) is 1.69. The van der Waals surface area contributed by atoms with Gasteiger partial charge in [0, 0.05) is 30.5 Å². The predicted molar refractivity (Wildman–Crippen MR) is 74.5 cm³/mol. The molecule has 0 aliphatic heterocycles. The molecular formula is C14H24N2O3. The fourth-order valence-corrected chi connectivity index (χ4v) is 1.92. The molecule has 0 fully saturated rings. The van der Waals surface area contributed by atoms with Gasteiger partial charge in [0.25, 0.3) is 0 Å². The monoisotopic (exact) mass is 268 g/mol. The Morgan fingerprint density at radius 3 is 2.79 bits per heavy atom. The zero-order chi connectivity index (χ0) is 14.1. The first kappa shape index (κ1) is 15.9. The Bertz CT molecular complexity index is 383. The standard InChI is InChI=1S/C14H24N2O3/c1-11-9-16-13(12(2)14(11)18-3)10-15-5-4-7-19-8-6-17/h9,15,17H,4-8,10H2,1-3H3. The number of hydrogen-bond donors (Lipinski definition) is 2. The van der Waals surface area contributed by atoms with Gasteiger partial charge in [0.1, 0.15) is 5.75 Å². The van der Waals surface area contributed by atoms with Crippen molar-refractivity contribution >= 4 is 0 Å². The van der Waals surface area contributed by atoms with Gasteiger partial charge in [-0.3, -0.25) is 4.98 Å². The molecule has 0 atom stereocenters. The van der Waals surface area contributed by atoms with E-state index in [1.807, 2.05) is 20.0 Å². The minimum atomic E-state index is 0.0830. The Balaban J connectivity index is 2.33. The molecule has 19 heavy (non-hydrogen) atoms. The van der Waals surface area contributed by atoms with Crippen LogP contribution in [0.5, 0.6) is 5.75 Å². The third kappa shape index (κ3) is 5.14. The van der Waals surface area contributed by atoms with E-state index in [0.29, 0.717) is 13.2 Å². The maximum atomic E-state index is 8.56. The van der Waals surface area contributed by atoms with Crippen LogP contribution in [0.2, 0.25) is 0 Å². The highest BCUT2D eigenvalue weighted by Crippen LogP contribution is 2.23. The molecule has 1 heterocycles. The molecule has 0 radical (unpaired) electrons. The van der Waals surface area contributed by atoms with Crippen LogP contribution in [-0.2, 0) is 11.3 Å². The SMILES string of the molecule is COc1c(C)cnc(CNCCCOCCO)c1C. The van der Waals surface area contributed by atoms with Crippen LogP contribution in [0.4, 0.5) is 0 Å². The maximum Gasteiger partial charge on any atom is 0.128 e. The second-order valence-corrected chi connectivity index (χ2v) is 4.41. The summed E-state index contributed by atoms with van der Waals surface area (Å²) in [5.41, 5.74) is 3.16. The summed E-state index contributed by atoms with van der Waals surface area (Å²) in [6.45, 7) is 6.77. The molecule has 5 heteroatoms. The second-order valence-electron chi connectivity index (χ2n) is 4.41. The molecule has 0 amide bonds. The van der Waals surface area contributed by atoms with Crippen LogP contribution >= 0.6 is 0 Å². The molecule has 1 aromatic heterocycles. The number of nitrogens with one attached hydrogen (secondary N) is 1. The van der Waals surface area contributed by atoms with Gasteiger partial charge in [-0.1, -0.05) is 0 Å². The van der Waals surface area contributed by atoms with Gasteiger partial charge < -0.3 is 19.9 Å². The lowest BCUT2D eigenvalue weighted by atomic mass is 10.1. The molecule has 0 spiro atoms. The van der Waals surface area contributed by atoms with Crippen molar-refractivity contribution in [3.63, 3.8) is 0 Å². The lowest BCUT2D eigenvalue weighted by Crippen LogP contribution is -2.18. The first-order valence-corrected chi connectivity index (χ1v) is 6.59. The zero-order valence-corrected chi connectivity index (χ0v) is 12.0. The number of hydrogen-bond acceptors (Lipinski definition) is 5. The van der Waals surface area contributed by atoms with Crippen LogP contribution in [0.3, 0.4) is 0 Å². The van der Waals surface area contributed by atoms with Crippen LogP contribution in [0.25, 0.3) is 0 Å². The second kappa shape index (κ2) is 8.85. The fraction of sp³-hybridized carbons (Fsp3) is 0.643. The van der Waals surface area contributed by atoms with Gasteiger partial charge in [0.15, 0.2) is 0 Å². The molecular weight excluding hydrogens is 244 g/mol. The number of aromatic nitrogens is 1. The smallest absolute Gasteiger partial charge is 0.128 e. The molecule has 5 nitrogen and oxygen atoms in total. The highest BCUT2D eigenvalue weighted by Gasteiger charge is 2.08. The molecule has 1 rings (SSSR count). The van der Waals surface area contributed by atoms with E-state index in [4.69, 9.17) is 14.6 Å². The normalized spacial score (nSPS) is 10.7. The molecule has 0 unspecified atom stereocenters. The average Bonchev–Trinajstić information content (AvgIpc) is 2.40. The van der Waals surface area contributed by atoms with Crippen molar-refractivity contribution in [1.29, 1.82) is 0 Å². The highest BCUT2D eigenvalue weighted by atomic mass is 16.5. The van der Waals surface area contributed by atoms with Gasteiger partial charge in [0.2, 0.25) is 0 Å². The lowest BCUT2D eigenvalue weighted by molar-refractivity contribution is 0.0907. The topological polar surface area (TPSA) is 63.6 Å². The minimum absolute atomic E-state index is 0.0830. The number of methoxy groups -OCH3 is 1. The molecule has 1 aromatic rings. The van der Waals surface area contributed by atoms with Crippen molar-refractivity contribution in [3.05, 3.63) is 23.0 Å². The molecule has 0 bridgehead atoms. The minimum Gasteiger partial charge on any atom is -0.496 e. The Morgan fingerprint density at radius 1 is 1.32 bits per heavy atom. The number of aliphatic hydroxyl groups excluding tert-OH is 1. The van der Waals surface area contributed by atoms with Crippen molar-refractivity contribution < 1.29 is 14.6 Å². The van der Waals surface area contributed by atoms with Crippen molar-refractivity contribution in [2.45, 2.75) is 26.8 Å². The van der Waals surface area contributed by atoms with Crippen LogP contribution in [0.1, 0.15) is 23.2 Å². The third-order valence-electron chi connectivity index (χ3n) is 2.92. The molecule has 0 saturated carbocycles. The molecule has 2 N–H and O–H groups in total. The highest BCUT2D eigenvalue weighted by molar-refractivity contribution is 5.40. The Labute approximate surface area is 115 Å². The van der Waals surface area contributed by atoms with Crippen molar-refractivity contribution in [2.75, 3.05) is 33.5 Å². The molecule has 0 aliphatic rings. The van der Waals surface area contributed by atoms with Crippen LogP contribution in [-0.4, -0.2) is 43.6 Å². The average molecular weight is 268 g/mol.